The monoisotopic (exact) mass is 553 g/mol. The average molecular weight is 554 g/mol. The van der Waals surface area contributed by atoms with Crippen LogP contribution in [0.3, 0.4) is 0 Å². The van der Waals surface area contributed by atoms with E-state index in [4.69, 9.17) is 22.3 Å². The first-order chi connectivity index (χ1) is 18.3. The Morgan fingerprint density at radius 2 is 1.62 bits per heavy atom. The SMILES string of the molecule is CCC(C)C(N)C(=O)NC(CCC(=O)O)C(=O)NC(Cc1cnc[nH]1)C(=O)NC(CCCN=C(N)N)C(=O)O. The van der Waals surface area contributed by atoms with Gasteiger partial charge in [-0.1, -0.05) is 20.3 Å². The molecule has 0 radical (unpaired) electrons. The second-order valence-corrected chi connectivity index (χ2v) is 9.10. The number of hydrogen-bond donors (Lipinski definition) is 9. The van der Waals surface area contributed by atoms with Crippen LogP contribution in [-0.4, -0.2) is 86.5 Å². The molecule has 39 heavy (non-hydrogen) atoms. The van der Waals surface area contributed by atoms with Crippen LogP contribution in [0.4, 0.5) is 0 Å². The van der Waals surface area contributed by atoms with Crippen molar-refractivity contribution in [2.45, 2.75) is 76.5 Å². The van der Waals surface area contributed by atoms with E-state index < -0.39 is 60.2 Å². The van der Waals surface area contributed by atoms with E-state index in [-0.39, 0.29) is 44.1 Å². The topological polar surface area (TPSA) is 281 Å². The molecular formula is C23H39N9O7. The molecule has 5 unspecified atom stereocenters. The van der Waals surface area contributed by atoms with Crippen LogP contribution >= 0.6 is 0 Å². The Bertz CT molecular complexity index is 996. The minimum absolute atomic E-state index is 0.00731. The van der Waals surface area contributed by atoms with Crippen LogP contribution < -0.4 is 33.2 Å². The highest BCUT2D eigenvalue weighted by Gasteiger charge is 2.31. The summed E-state index contributed by atoms with van der Waals surface area (Å²) in [7, 11) is 0. The van der Waals surface area contributed by atoms with E-state index in [0.29, 0.717) is 12.1 Å². The van der Waals surface area contributed by atoms with Gasteiger partial charge in [-0.25, -0.2) is 9.78 Å². The highest BCUT2D eigenvalue weighted by atomic mass is 16.4. The Balaban J connectivity index is 3.08. The molecule has 16 heteroatoms. The molecule has 0 saturated heterocycles. The van der Waals surface area contributed by atoms with E-state index in [2.05, 4.69) is 30.9 Å². The fourth-order valence-electron chi connectivity index (χ4n) is 3.45. The van der Waals surface area contributed by atoms with Crippen LogP contribution in [0.5, 0.6) is 0 Å². The minimum Gasteiger partial charge on any atom is -0.481 e. The lowest BCUT2D eigenvalue weighted by molar-refractivity contribution is -0.142. The van der Waals surface area contributed by atoms with E-state index in [1.165, 1.54) is 12.5 Å². The summed E-state index contributed by atoms with van der Waals surface area (Å²) in [4.78, 5) is 72.2. The van der Waals surface area contributed by atoms with Crippen molar-refractivity contribution in [3.05, 3.63) is 18.2 Å². The largest absolute Gasteiger partial charge is 0.481 e. The van der Waals surface area contributed by atoms with Gasteiger partial charge in [-0.15, -0.1) is 0 Å². The number of imidazole rings is 1. The van der Waals surface area contributed by atoms with Gasteiger partial charge in [0.05, 0.1) is 12.4 Å². The molecule has 1 heterocycles. The number of amides is 3. The Morgan fingerprint density at radius 1 is 1.00 bits per heavy atom. The number of aromatic nitrogens is 2. The maximum atomic E-state index is 13.2. The van der Waals surface area contributed by atoms with Crippen molar-refractivity contribution in [2.75, 3.05) is 6.54 Å². The fourth-order valence-corrected chi connectivity index (χ4v) is 3.45. The molecule has 0 bridgehead atoms. The first-order valence-electron chi connectivity index (χ1n) is 12.5. The Kier molecular flexibility index (Phi) is 14.0. The maximum absolute atomic E-state index is 13.2. The van der Waals surface area contributed by atoms with Gasteiger partial charge in [0.1, 0.15) is 18.1 Å². The van der Waals surface area contributed by atoms with Gasteiger partial charge in [0.2, 0.25) is 17.7 Å². The lowest BCUT2D eigenvalue weighted by atomic mass is 9.98. The number of hydrogen-bond acceptors (Lipinski definition) is 8. The molecule has 0 fully saturated rings. The zero-order chi connectivity index (χ0) is 29.5. The smallest absolute Gasteiger partial charge is 0.326 e. The molecular weight excluding hydrogens is 514 g/mol. The highest BCUT2D eigenvalue weighted by molar-refractivity contribution is 5.94. The summed E-state index contributed by atoms with van der Waals surface area (Å²) in [6.45, 7) is 3.76. The number of nitrogens with two attached hydrogens (primary N) is 3. The number of aromatic amines is 1. The summed E-state index contributed by atoms with van der Waals surface area (Å²) in [6, 6.07) is -4.83. The molecule has 218 valence electrons. The number of nitrogens with zero attached hydrogens (tertiary/aromatic N) is 2. The minimum atomic E-state index is -1.31. The normalized spacial score (nSPS) is 14.6. The van der Waals surface area contributed by atoms with Crippen molar-refractivity contribution < 1.29 is 34.2 Å². The van der Waals surface area contributed by atoms with Gasteiger partial charge in [-0.05, 0) is 25.2 Å². The lowest BCUT2D eigenvalue weighted by Gasteiger charge is -2.26. The second-order valence-electron chi connectivity index (χ2n) is 9.10. The molecule has 0 aliphatic heterocycles. The van der Waals surface area contributed by atoms with Gasteiger partial charge in [0.25, 0.3) is 0 Å². The van der Waals surface area contributed by atoms with E-state index >= 15 is 0 Å². The van der Waals surface area contributed by atoms with E-state index in [9.17, 15) is 29.1 Å². The number of carbonyl (C=O) groups excluding carboxylic acids is 3. The van der Waals surface area contributed by atoms with Crippen molar-refractivity contribution in [1.82, 2.24) is 25.9 Å². The molecule has 1 aromatic heterocycles. The average Bonchev–Trinajstić information content (AvgIpc) is 3.39. The number of carbonyl (C=O) groups is 5. The predicted molar refractivity (Wildman–Crippen MR) is 140 cm³/mol. The number of nitrogens with one attached hydrogen (secondary N) is 4. The second kappa shape index (κ2) is 16.6. The standard InChI is InChI=1S/C23H39N9O7/c1-3-12(2)18(24)21(37)30-14(6-7-17(33)34)19(35)32-16(9-13-10-27-11-29-13)20(36)31-15(22(38)39)5-4-8-28-23(25)26/h10-12,14-16,18H,3-9,24H2,1-2H3,(H,27,29)(H,30,37)(H,31,36)(H,32,35)(H,33,34)(H,38,39)(H4,25,26,28). The highest BCUT2D eigenvalue weighted by Crippen LogP contribution is 2.08. The zero-order valence-corrected chi connectivity index (χ0v) is 22.1. The van der Waals surface area contributed by atoms with Crippen molar-refractivity contribution in [1.29, 1.82) is 0 Å². The summed E-state index contributed by atoms with van der Waals surface area (Å²) in [5, 5.41) is 26.0. The number of guanidine groups is 1. The van der Waals surface area contributed by atoms with Crippen LogP contribution in [0.1, 0.15) is 51.6 Å². The van der Waals surface area contributed by atoms with Gasteiger partial charge in [-0.3, -0.25) is 24.2 Å². The quantitative estimate of drug-likeness (QED) is 0.0533. The molecule has 0 aliphatic rings. The maximum Gasteiger partial charge on any atom is 0.326 e. The van der Waals surface area contributed by atoms with Gasteiger partial charge in [0, 0.05) is 31.3 Å². The first kappa shape index (κ1) is 32.8. The molecule has 0 aliphatic carbocycles. The number of H-pyrrole nitrogens is 1. The summed E-state index contributed by atoms with van der Waals surface area (Å²) in [6.07, 6.45) is 2.85. The Labute approximate surface area is 225 Å². The van der Waals surface area contributed by atoms with Crippen LogP contribution in [-0.2, 0) is 30.4 Å². The Morgan fingerprint density at radius 3 is 2.15 bits per heavy atom. The van der Waals surface area contributed by atoms with Crippen molar-refractivity contribution in [2.24, 2.45) is 28.1 Å². The van der Waals surface area contributed by atoms with Gasteiger partial charge in [0.15, 0.2) is 5.96 Å². The summed E-state index contributed by atoms with van der Waals surface area (Å²) >= 11 is 0. The Hall–Kier alpha value is -4.21. The summed E-state index contributed by atoms with van der Waals surface area (Å²) in [5.74, 6) is -5.13. The zero-order valence-electron chi connectivity index (χ0n) is 22.1. The van der Waals surface area contributed by atoms with Crippen molar-refractivity contribution >= 4 is 35.6 Å². The molecule has 0 saturated carbocycles. The van der Waals surface area contributed by atoms with E-state index in [1.54, 1.807) is 6.92 Å². The first-order valence-corrected chi connectivity index (χ1v) is 12.5. The third kappa shape index (κ3) is 12.3. The van der Waals surface area contributed by atoms with Crippen molar-refractivity contribution in [3.8, 4) is 0 Å². The molecule has 1 aromatic rings. The van der Waals surface area contributed by atoms with E-state index in [0.717, 1.165) is 0 Å². The molecule has 16 nitrogen and oxygen atoms in total. The number of aliphatic imine (C=N–C) groups is 1. The summed E-state index contributed by atoms with van der Waals surface area (Å²) < 4.78 is 0. The molecule has 0 spiro atoms. The van der Waals surface area contributed by atoms with Crippen molar-refractivity contribution in [3.63, 3.8) is 0 Å². The number of carboxylic acid groups (broad SMARTS) is 2. The predicted octanol–water partition coefficient (Wildman–Crippen LogP) is -2.22. The number of aliphatic carboxylic acids is 2. The molecule has 5 atom stereocenters. The fraction of sp³-hybridized carbons (Fsp3) is 0.609. The van der Waals surface area contributed by atoms with Crippen LogP contribution in [0.2, 0.25) is 0 Å². The molecule has 3 amide bonds. The van der Waals surface area contributed by atoms with Crippen LogP contribution in [0, 0.1) is 5.92 Å². The third-order valence-electron chi connectivity index (χ3n) is 6.01. The van der Waals surface area contributed by atoms with Crippen LogP contribution in [0.25, 0.3) is 0 Å². The molecule has 0 aromatic carbocycles. The number of rotatable bonds is 18. The summed E-state index contributed by atoms with van der Waals surface area (Å²) in [5.41, 5.74) is 16.9. The van der Waals surface area contributed by atoms with Crippen LogP contribution in [0.15, 0.2) is 17.5 Å². The van der Waals surface area contributed by atoms with Gasteiger partial charge in [-0.2, -0.15) is 0 Å². The van der Waals surface area contributed by atoms with E-state index in [1.807, 2.05) is 6.92 Å². The number of carboxylic acids is 2. The molecule has 12 N–H and O–H groups in total. The van der Waals surface area contributed by atoms with Gasteiger partial charge < -0.3 is 48.3 Å². The molecule has 1 rings (SSSR count). The third-order valence-corrected chi connectivity index (χ3v) is 6.01. The lowest BCUT2D eigenvalue weighted by Crippen LogP contribution is -2.58. The van der Waals surface area contributed by atoms with Gasteiger partial charge >= 0.3 is 11.9 Å².